The minimum absolute atomic E-state index is 0.235. The van der Waals surface area contributed by atoms with Crippen LogP contribution >= 0.6 is 11.3 Å². The van der Waals surface area contributed by atoms with Crippen molar-refractivity contribution in [3.63, 3.8) is 0 Å². The van der Waals surface area contributed by atoms with Crippen molar-refractivity contribution in [1.82, 2.24) is 14.6 Å². The molecule has 33 heavy (non-hydrogen) atoms. The number of nitrogens with zero attached hydrogens (tertiary/aromatic N) is 3. The van der Waals surface area contributed by atoms with E-state index in [1.54, 1.807) is 18.4 Å². The smallest absolute Gasteiger partial charge is 0.292 e. The molecular formula is C26H28N4O2S. The van der Waals surface area contributed by atoms with Gasteiger partial charge in [-0.1, -0.05) is 56.3 Å². The first-order valence-corrected chi connectivity index (χ1v) is 12.1. The molecule has 0 fully saturated rings. The molecule has 6 nitrogen and oxygen atoms in total. The summed E-state index contributed by atoms with van der Waals surface area (Å²) >= 11 is 1.66. The molecule has 0 radical (unpaired) electrons. The van der Waals surface area contributed by atoms with E-state index in [9.17, 15) is 9.59 Å². The van der Waals surface area contributed by atoms with Gasteiger partial charge in [-0.25, -0.2) is 9.80 Å². The number of hydrazine groups is 1. The molecule has 1 aliphatic heterocycles. The van der Waals surface area contributed by atoms with E-state index in [-0.39, 0.29) is 17.3 Å². The Bertz CT molecular complexity index is 1440. The second-order valence-electron chi connectivity index (χ2n) is 9.14. The van der Waals surface area contributed by atoms with E-state index in [1.807, 2.05) is 0 Å². The van der Waals surface area contributed by atoms with Crippen LogP contribution in [0.3, 0.4) is 0 Å². The van der Waals surface area contributed by atoms with E-state index < -0.39 is 0 Å². The Hall–Kier alpha value is -3.16. The lowest BCUT2D eigenvalue weighted by Crippen LogP contribution is -2.42. The maximum atomic E-state index is 13.4. The Morgan fingerprint density at radius 1 is 1.06 bits per heavy atom. The fraction of sp³-hybridized carbons (Fsp3) is 0.308. The minimum atomic E-state index is -0.388. The molecule has 1 aliphatic rings. The van der Waals surface area contributed by atoms with Gasteiger partial charge in [0.2, 0.25) is 0 Å². The average molecular weight is 461 g/mol. The Morgan fingerprint density at radius 3 is 2.55 bits per heavy atom. The summed E-state index contributed by atoms with van der Waals surface area (Å²) in [6.07, 6.45) is 0. The highest BCUT2D eigenvalue weighted by Gasteiger charge is 2.42. The van der Waals surface area contributed by atoms with Gasteiger partial charge < -0.3 is 0 Å². The molecule has 2 aromatic heterocycles. The maximum absolute atomic E-state index is 13.4. The summed E-state index contributed by atoms with van der Waals surface area (Å²) in [5.41, 5.74) is 2.36. The second-order valence-corrected chi connectivity index (χ2v) is 10.1. The highest BCUT2D eigenvalue weighted by Crippen LogP contribution is 2.44. The zero-order valence-corrected chi connectivity index (χ0v) is 20.1. The number of anilines is 1. The molecule has 1 atom stereocenters. The van der Waals surface area contributed by atoms with Crippen molar-refractivity contribution in [2.75, 3.05) is 11.6 Å². The molecular weight excluding hydrogens is 432 g/mol. The lowest BCUT2D eigenvalue weighted by molar-refractivity contribution is 0.210. The van der Waals surface area contributed by atoms with Crippen LogP contribution in [0.25, 0.3) is 10.8 Å². The van der Waals surface area contributed by atoms with E-state index in [1.165, 1.54) is 20.9 Å². The van der Waals surface area contributed by atoms with Gasteiger partial charge in [0.15, 0.2) is 0 Å². The predicted octanol–water partition coefficient (Wildman–Crippen LogP) is 4.58. The van der Waals surface area contributed by atoms with Gasteiger partial charge in [-0.05, 0) is 46.2 Å². The van der Waals surface area contributed by atoms with Gasteiger partial charge in [0.1, 0.15) is 5.82 Å². The van der Waals surface area contributed by atoms with Gasteiger partial charge in [-0.3, -0.25) is 19.4 Å². The Balaban J connectivity index is 1.74. The van der Waals surface area contributed by atoms with Crippen LogP contribution in [0.5, 0.6) is 0 Å². The van der Waals surface area contributed by atoms with E-state index in [2.05, 4.69) is 89.7 Å². The van der Waals surface area contributed by atoms with E-state index in [4.69, 9.17) is 0 Å². The summed E-state index contributed by atoms with van der Waals surface area (Å²) < 4.78 is 1.18. The molecule has 1 unspecified atom stereocenters. The number of aryl methyl sites for hydroxylation is 1. The first kappa shape index (κ1) is 21.7. The molecule has 4 aromatic rings. The third-order valence-corrected chi connectivity index (χ3v) is 7.43. The normalized spacial score (nSPS) is 16.2. The highest BCUT2D eigenvalue weighted by molar-refractivity contribution is 7.10. The molecule has 0 saturated carbocycles. The number of hydrogen-bond acceptors (Lipinski definition) is 5. The SMILES string of the molecule is Cc1ccsc1C1c2c([nH]c(=O)n(C)c2=O)N(CC(C)C)N1Cc1cccc2ccccc12. The second kappa shape index (κ2) is 8.32. The summed E-state index contributed by atoms with van der Waals surface area (Å²) in [7, 11) is 1.54. The molecule has 3 heterocycles. The van der Waals surface area contributed by atoms with Crippen molar-refractivity contribution < 1.29 is 0 Å². The molecule has 0 aliphatic carbocycles. The molecule has 0 spiro atoms. The number of thiophene rings is 1. The first-order valence-electron chi connectivity index (χ1n) is 11.2. The monoisotopic (exact) mass is 460 g/mol. The van der Waals surface area contributed by atoms with Crippen molar-refractivity contribution in [3.05, 3.63) is 96.3 Å². The number of benzene rings is 2. The quantitative estimate of drug-likeness (QED) is 0.474. The topological polar surface area (TPSA) is 61.3 Å². The van der Waals surface area contributed by atoms with Crippen LogP contribution in [-0.4, -0.2) is 21.1 Å². The fourth-order valence-electron chi connectivity index (χ4n) is 4.75. The Labute approximate surface area is 196 Å². The number of nitrogens with one attached hydrogen (secondary N) is 1. The third-order valence-electron chi connectivity index (χ3n) is 6.36. The van der Waals surface area contributed by atoms with Crippen LogP contribution in [0.4, 0.5) is 5.82 Å². The van der Waals surface area contributed by atoms with Crippen LogP contribution in [-0.2, 0) is 13.6 Å². The first-order chi connectivity index (χ1) is 15.9. The molecule has 2 aromatic carbocycles. The van der Waals surface area contributed by atoms with Crippen molar-refractivity contribution >= 4 is 27.9 Å². The number of aromatic amines is 1. The maximum Gasteiger partial charge on any atom is 0.329 e. The van der Waals surface area contributed by atoms with E-state index in [0.717, 1.165) is 10.4 Å². The van der Waals surface area contributed by atoms with Crippen molar-refractivity contribution in [2.45, 2.75) is 33.4 Å². The standard InChI is InChI=1S/C26H28N4O2S/c1-16(2)14-30-24-21(25(31)28(4)26(32)27-24)22(23-17(3)12-13-33-23)29(30)15-19-10-7-9-18-8-5-6-11-20(18)19/h5-13,16,22H,14-15H2,1-4H3,(H,27,32). The molecule has 1 N–H and O–H groups in total. The zero-order chi connectivity index (χ0) is 23.3. The van der Waals surface area contributed by atoms with Crippen molar-refractivity contribution in [1.29, 1.82) is 0 Å². The third kappa shape index (κ3) is 3.61. The molecule has 0 saturated heterocycles. The largest absolute Gasteiger partial charge is 0.329 e. The van der Waals surface area contributed by atoms with Crippen molar-refractivity contribution in [3.8, 4) is 0 Å². The predicted molar refractivity (Wildman–Crippen MR) is 135 cm³/mol. The summed E-state index contributed by atoms with van der Waals surface area (Å²) in [5.74, 6) is 0.957. The number of H-pyrrole nitrogens is 1. The summed E-state index contributed by atoms with van der Waals surface area (Å²) in [5, 5.41) is 8.84. The van der Waals surface area contributed by atoms with Gasteiger partial charge >= 0.3 is 5.69 Å². The summed E-state index contributed by atoms with van der Waals surface area (Å²) in [6, 6.07) is 16.6. The number of fused-ring (bicyclic) bond motifs is 2. The van der Waals surface area contributed by atoms with Crippen LogP contribution in [0.15, 0.2) is 63.5 Å². The fourth-order valence-corrected chi connectivity index (χ4v) is 5.79. The Morgan fingerprint density at radius 2 is 1.82 bits per heavy atom. The number of rotatable bonds is 5. The number of hydrogen-bond donors (Lipinski definition) is 1. The van der Waals surface area contributed by atoms with Crippen LogP contribution in [0.2, 0.25) is 0 Å². The van der Waals surface area contributed by atoms with Crippen LogP contribution in [0, 0.1) is 12.8 Å². The molecule has 0 amide bonds. The molecule has 0 bridgehead atoms. The zero-order valence-electron chi connectivity index (χ0n) is 19.3. The Kier molecular flexibility index (Phi) is 5.46. The molecule has 7 heteroatoms. The molecule has 5 rings (SSSR count). The highest BCUT2D eigenvalue weighted by atomic mass is 32.1. The van der Waals surface area contributed by atoms with Gasteiger partial charge in [-0.2, -0.15) is 0 Å². The lowest BCUT2D eigenvalue weighted by atomic mass is 10.0. The van der Waals surface area contributed by atoms with Gasteiger partial charge in [0.05, 0.1) is 11.6 Å². The lowest BCUT2D eigenvalue weighted by Gasteiger charge is -2.35. The molecule has 170 valence electrons. The van der Waals surface area contributed by atoms with Crippen molar-refractivity contribution in [2.24, 2.45) is 13.0 Å². The van der Waals surface area contributed by atoms with Gasteiger partial charge in [-0.15, -0.1) is 11.3 Å². The number of aromatic nitrogens is 2. The summed E-state index contributed by atoms with van der Waals surface area (Å²) in [6.45, 7) is 7.71. The van der Waals surface area contributed by atoms with Gasteiger partial charge in [0.25, 0.3) is 5.56 Å². The van der Waals surface area contributed by atoms with E-state index in [0.29, 0.717) is 30.4 Å². The summed E-state index contributed by atoms with van der Waals surface area (Å²) in [4.78, 5) is 30.2. The van der Waals surface area contributed by atoms with Crippen LogP contribution < -0.4 is 16.3 Å². The minimum Gasteiger partial charge on any atom is -0.292 e. The van der Waals surface area contributed by atoms with Crippen LogP contribution in [0.1, 0.15) is 41.5 Å². The average Bonchev–Trinajstić information content (AvgIpc) is 3.33. The van der Waals surface area contributed by atoms with E-state index >= 15 is 0 Å². The van der Waals surface area contributed by atoms with Gasteiger partial charge in [0, 0.05) is 25.0 Å².